The molecule has 0 aromatic carbocycles. The molecule has 3 heterocycles. The standard InChI is InChI=1S/C14H15FN4O2/c15-10-6-12(9-20)18(8-10)14(21)13-7-11(2-4-16-13)19-5-1-3-17-19/h1-5,7,10,12,20H,6,8-9H2/t10-,12-/m0/s1. The molecule has 1 N–H and O–H groups in total. The molecule has 3 rings (SSSR count). The van der Waals surface area contributed by atoms with Crippen LogP contribution in [0.3, 0.4) is 0 Å². The molecule has 0 radical (unpaired) electrons. The summed E-state index contributed by atoms with van der Waals surface area (Å²) in [7, 11) is 0. The van der Waals surface area contributed by atoms with Crippen molar-refractivity contribution in [3.8, 4) is 5.69 Å². The highest BCUT2D eigenvalue weighted by molar-refractivity contribution is 5.93. The second-order valence-electron chi connectivity index (χ2n) is 4.98. The zero-order chi connectivity index (χ0) is 14.8. The van der Waals surface area contributed by atoms with Gasteiger partial charge in [0.1, 0.15) is 11.9 Å². The maximum atomic E-state index is 13.4. The molecule has 0 spiro atoms. The first kappa shape index (κ1) is 13.7. The molecule has 0 unspecified atom stereocenters. The highest BCUT2D eigenvalue weighted by Crippen LogP contribution is 2.22. The SMILES string of the molecule is O=C(c1cc(-n2cccn2)ccn1)N1C[C@@H](F)C[C@H]1CO. The van der Waals surface area contributed by atoms with E-state index in [9.17, 15) is 14.3 Å². The zero-order valence-electron chi connectivity index (χ0n) is 11.3. The zero-order valence-corrected chi connectivity index (χ0v) is 11.3. The molecule has 21 heavy (non-hydrogen) atoms. The largest absolute Gasteiger partial charge is 0.394 e. The first-order chi connectivity index (χ1) is 10.2. The van der Waals surface area contributed by atoms with Gasteiger partial charge in [-0.25, -0.2) is 9.07 Å². The third-order valence-electron chi connectivity index (χ3n) is 3.57. The van der Waals surface area contributed by atoms with Crippen LogP contribution in [0.25, 0.3) is 5.69 Å². The number of aliphatic hydroxyl groups is 1. The number of carbonyl (C=O) groups excluding carboxylic acids is 1. The summed E-state index contributed by atoms with van der Waals surface area (Å²) in [5.74, 6) is -0.372. The van der Waals surface area contributed by atoms with Gasteiger partial charge in [0, 0.05) is 25.0 Å². The van der Waals surface area contributed by atoms with Gasteiger partial charge < -0.3 is 10.0 Å². The number of likely N-dealkylation sites (tertiary alicyclic amines) is 1. The van der Waals surface area contributed by atoms with Crippen molar-refractivity contribution in [3.63, 3.8) is 0 Å². The Morgan fingerprint density at radius 3 is 3.05 bits per heavy atom. The quantitative estimate of drug-likeness (QED) is 0.908. The smallest absolute Gasteiger partial charge is 0.272 e. The van der Waals surface area contributed by atoms with Crippen LogP contribution in [-0.4, -0.2) is 56.0 Å². The lowest BCUT2D eigenvalue weighted by Gasteiger charge is -2.22. The van der Waals surface area contributed by atoms with Crippen molar-refractivity contribution in [1.29, 1.82) is 0 Å². The van der Waals surface area contributed by atoms with Crippen LogP contribution in [0.1, 0.15) is 16.9 Å². The molecular formula is C14H15FN4O2. The number of carbonyl (C=O) groups is 1. The van der Waals surface area contributed by atoms with Gasteiger partial charge in [-0.2, -0.15) is 5.10 Å². The van der Waals surface area contributed by atoms with Crippen molar-refractivity contribution in [2.45, 2.75) is 18.6 Å². The number of hydrogen-bond acceptors (Lipinski definition) is 4. The van der Waals surface area contributed by atoms with E-state index in [1.165, 1.54) is 11.1 Å². The molecule has 1 saturated heterocycles. The molecule has 1 aliphatic heterocycles. The van der Waals surface area contributed by atoms with Crippen LogP contribution in [-0.2, 0) is 0 Å². The van der Waals surface area contributed by atoms with E-state index in [-0.39, 0.29) is 31.2 Å². The van der Waals surface area contributed by atoms with Gasteiger partial charge in [-0.3, -0.25) is 9.78 Å². The van der Waals surface area contributed by atoms with Gasteiger partial charge in [-0.1, -0.05) is 0 Å². The molecule has 0 bridgehead atoms. The lowest BCUT2D eigenvalue weighted by atomic mass is 10.2. The van der Waals surface area contributed by atoms with Crippen LogP contribution in [0, 0.1) is 0 Å². The van der Waals surface area contributed by atoms with Crippen LogP contribution >= 0.6 is 0 Å². The number of amides is 1. The number of aliphatic hydroxyl groups excluding tert-OH is 1. The summed E-state index contributed by atoms with van der Waals surface area (Å²) in [6.45, 7) is -0.247. The average Bonchev–Trinajstić information content (AvgIpc) is 3.15. The van der Waals surface area contributed by atoms with E-state index in [4.69, 9.17) is 0 Å². The molecule has 7 heteroatoms. The topological polar surface area (TPSA) is 71.2 Å². The maximum absolute atomic E-state index is 13.4. The highest BCUT2D eigenvalue weighted by atomic mass is 19.1. The summed E-state index contributed by atoms with van der Waals surface area (Å²) < 4.78 is 15.1. The van der Waals surface area contributed by atoms with Gasteiger partial charge in [-0.05, 0) is 18.2 Å². The minimum atomic E-state index is -1.10. The van der Waals surface area contributed by atoms with Gasteiger partial charge >= 0.3 is 0 Å². The number of aromatic nitrogens is 3. The third-order valence-corrected chi connectivity index (χ3v) is 3.57. The van der Waals surface area contributed by atoms with Gasteiger partial charge in [-0.15, -0.1) is 0 Å². The van der Waals surface area contributed by atoms with Crippen molar-refractivity contribution in [2.24, 2.45) is 0 Å². The fourth-order valence-corrected chi connectivity index (χ4v) is 2.53. The molecule has 0 aliphatic carbocycles. The molecule has 110 valence electrons. The predicted molar refractivity (Wildman–Crippen MR) is 72.8 cm³/mol. The maximum Gasteiger partial charge on any atom is 0.272 e. The number of halogens is 1. The molecule has 2 aromatic heterocycles. The van der Waals surface area contributed by atoms with Crippen LogP contribution in [0.15, 0.2) is 36.8 Å². The summed E-state index contributed by atoms with van der Waals surface area (Å²) in [4.78, 5) is 17.8. The minimum absolute atomic E-state index is 0.00224. The number of pyridine rings is 1. The molecule has 1 aliphatic rings. The molecular weight excluding hydrogens is 275 g/mol. The van der Waals surface area contributed by atoms with Crippen molar-refractivity contribution < 1.29 is 14.3 Å². The van der Waals surface area contributed by atoms with Crippen LogP contribution in [0.4, 0.5) is 4.39 Å². The number of rotatable bonds is 3. The third kappa shape index (κ3) is 2.64. The first-order valence-electron chi connectivity index (χ1n) is 6.71. The molecule has 1 amide bonds. The predicted octanol–water partition coefficient (Wildman–Crippen LogP) is 0.812. The summed E-state index contributed by atoms with van der Waals surface area (Å²) in [6.07, 6.45) is 3.98. The minimum Gasteiger partial charge on any atom is -0.394 e. The Kier molecular flexibility index (Phi) is 3.66. The van der Waals surface area contributed by atoms with Crippen LogP contribution in [0.2, 0.25) is 0 Å². The highest BCUT2D eigenvalue weighted by Gasteiger charge is 2.35. The van der Waals surface area contributed by atoms with E-state index in [0.717, 1.165) is 0 Å². The Bertz CT molecular complexity index is 632. The van der Waals surface area contributed by atoms with Crippen molar-refractivity contribution in [2.75, 3.05) is 13.2 Å². The summed E-state index contributed by atoms with van der Waals surface area (Å²) >= 11 is 0. The van der Waals surface area contributed by atoms with Crippen molar-refractivity contribution in [1.82, 2.24) is 19.7 Å². The van der Waals surface area contributed by atoms with E-state index in [1.54, 1.807) is 35.3 Å². The van der Waals surface area contributed by atoms with Gasteiger partial charge in [0.15, 0.2) is 0 Å². The van der Waals surface area contributed by atoms with Crippen molar-refractivity contribution in [3.05, 3.63) is 42.5 Å². The van der Waals surface area contributed by atoms with Gasteiger partial charge in [0.05, 0.1) is 24.9 Å². The van der Waals surface area contributed by atoms with E-state index < -0.39 is 12.2 Å². The first-order valence-corrected chi connectivity index (χ1v) is 6.71. The Balaban J connectivity index is 1.87. The number of alkyl halides is 1. The van der Waals surface area contributed by atoms with E-state index in [2.05, 4.69) is 10.1 Å². The molecule has 1 fully saturated rings. The molecule has 2 atom stereocenters. The Labute approximate surface area is 120 Å². The summed E-state index contributed by atoms with van der Waals surface area (Å²) in [6, 6.07) is 4.63. The molecule has 0 saturated carbocycles. The monoisotopic (exact) mass is 290 g/mol. The molecule has 6 nitrogen and oxygen atoms in total. The number of hydrogen-bond donors (Lipinski definition) is 1. The van der Waals surface area contributed by atoms with Gasteiger partial charge in [0.2, 0.25) is 0 Å². The van der Waals surface area contributed by atoms with Gasteiger partial charge in [0.25, 0.3) is 5.91 Å². The fourth-order valence-electron chi connectivity index (χ4n) is 2.53. The van der Waals surface area contributed by atoms with E-state index >= 15 is 0 Å². The van der Waals surface area contributed by atoms with Crippen LogP contribution in [0.5, 0.6) is 0 Å². The van der Waals surface area contributed by atoms with Crippen LogP contribution < -0.4 is 0 Å². The number of nitrogens with zero attached hydrogens (tertiary/aromatic N) is 4. The average molecular weight is 290 g/mol. The lowest BCUT2D eigenvalue weighted by molar-refractivity contribution is 0.0667. The second-order valence-corrected chi connectivity index (χ2v) is 4.98. The van der Waals surface area contributed by atoms with Crippen molar-refractivity contribution >= 4 is 5.91 Å². The summed E-state index contributed by atoms with van der Waals surface area (Å²) in [5.41, 5.74) is 0.922. The Hall–Kier alpha value is -2.28. The molecule has 2 aromatic rings. The Morgan fingerprint density at radius 2 is 2.33 bits per heavy atom. The summed E-state index contributed by atoms with van der Waals surface area (Å²) in [5, 5.41) is 13.4. The normalized spacial score (nSPS) is 21.7. The Morgan fingerprint density at radius 1 is 1.48 bits per heavy atom. The fraction of sp³-hybridized carbons (Fsp3) is 0.357. The van der Waals surface area contributed by atoms with E-state index in [1.807, 2.05) is 0 Å². The second kappa shape index (κ2) is 5.61. The van der Waals surface area contributed by atoms with E-state index in [0.29, 0.717) is 5.69 Å². The lowest BCUT2D eigenvalue weighted by Crippen LogP contribution is -2.38.